The Kier molecular flexibility index (Phi) is 6.34. The highest BCUT2D eigenvalue weighted by Gasteiger charge is 2.30. The van der Waals surface area contributed by atoms with E-state index in [0.717, 1.165) is 0 Å². The first kappa shape index (κ1) is 20.7. The van der Waals surface area contributed by atoms with Gasteiger partial charge in [0.25, 0.3) is 0 Å². The predicted octanol–water partition coefficient (Wildman–Crippen LogP) is 3.67. The SMILES string of the molecule is CC(C)N(C(=O)OC(C)(C)C)/C(=N\C(=O)OC(C)(C)C)n1cccn1. The minimum Gasteiger partial charge on any atom is -0.443 e. The number of hydrogen-bond acceptors (Lipinski definition) is 5. The molecule has 0 aliphatic carbocycles. The molecule has 0 bridgehead atoms. The number of aliphatic imine (C=N–C) groups is 1. The standard InChI is InChI=1S/C17H28N4O4/c1-12(2)21(15(23)25-17(6,7)8)13(20-11-9-10-18-20)19-14(22)24-16(3,4)5/h9-12H,1-8H3/b19-13-. The Labute approximate surface area is 148 Å². The minimum atomic E-state index is -0.813. The average Bonchev–Trinajstić information content (AvgIpc) is 2.85. The first-order valence-corrected chi connectivity index (χ1v) is 8.14. The summed E-state index contributed by atoms with van der Waals surface area (Å²) < 4.78 is 12.0. The molecule has 0 radical (unpaired) electrons. The molecule has 1 rings (SSSR count). The van der Waals surface area contributed by atoms with E-state index in [-0.39, 0.29) is 12.0 Å². The van der Waals surface area contributed by atoms with Gasteiger partial charge in [-0.2, -0.15) is 5.10 Å². The van der Waals surface area contributed by atoms with Crippen LogP contribution in [0.3, 0.4) is 0 Å². The molecule has 140 valence electrons. The number of carbonyl (C=O) groups excluding carboxylic acids is 2. The minimum absolute atomic E-state index is 0.0171. The van der Waals surface area contributed by atoms with Gasteiger partial charge in [0.2, 0.25) is 5.96 Å². The van der Waals surface area contributed by atoms with Crippen LogP contribution in [0.15, 0.2) is 23.5 Å². The molecule has 0 atom stereocenters. The van der Waals surface area contributed by atoms with Gasteiger partial charge in [-0.15, -0.1) is 4.99 Å². The maximum absolute atomic E-state index is 12.6. The van der Waals surface area contributed by atoms with Crippen LogP contribution >= 0.6 is 0 Å². The molecule has 0 N–H and O–H groups in total. The number of amides is 2. The number of ether oxygens (including phenoxy) is 2. The summed E-state index contributed by atoms with van der Waals surface area (Å²) in [6.45, 7) is 14.1. The van der Waals surface area contributed by atoms with Crippen LogP contribution in [-0.2, 0) is 9.47 Å². The number of nitrogens with zero attached hydrogens (tertiary/aromatic N) is 4. The molecule has 0 saturated heterocycles. The Morgan fingerprint density at radius 3 is 2.04 bits per heavy atom. The highest BCUT2D eigenvalue weighted by Crippen LogP contribution is 2.15. The molecule has 0 spiro atoms. The van der Waals surface area contributed by atoms with Crippen LogP contribution < -0.4 is 0 Å². The number of aromatic nitrogens is 2. The van der Waals surface area contributed by atoms with Gasteiger partial charge in [0.15, 0.2) is 0 Å². The fourth-order valence-electron chi connectivity index (χ4n) is 1.80. The van der Waals surface area contributed by atoms with Crippen molar-refractivity contribution in [3.8, 4) is 0 Å². The Bertz CT molecular complexity index is 622. The number of rotatable bonds is 1. The number of carbonyl (C=O) groups is 2. The zero-order valence-corrected chi connectivity index (χ0v) is 16.2. The third-order valence-corrected chi connectivity index (χ3v) is 2.62. The molecule has 8 heteroatoms. The summed E-state index contributed by atoms with van der Waals surface area (Å²) in [5.41, 5.74) is -1.39. The summed E-state index contributed by atoms with van der Waals surface area (Å²) in [5.74, 6) is 0.0171. The van der Waals surface area contributed by atoms with Crippen LogP contribution in [0, 0.1) is 0 Å². The predicted molar refractivity (Wildman–Crippen MR) is 94.5 cm³/mol. The van der Waals surface area contributed by atoms with Crippen LogP contribution in [0.5, 0.6) is 0 Å². The highest BCUT2D eigenvalue weighted by atomic mass is 16.6. The van der Waals surface area contributed by atoms with E-state index in [1.54, 1.807) is 67.7 Å². The second kappa shape index (κ2) is 7.67. The van der Waals surface area contributed by atoms with Crippen molar-refractivity contribution in [1.29, 1.82) is 0 Å². The molecule has 2 amide bonds. The third-order valence-electron chi connectivity index (χ3n) is 2.62. The van der Waals surface area contributed by atoms with Crippen LogP contribution in [-0.4, -0.2) is 50.1 Å². The lowest BCUT2D eigenvalue weighted by Gasteiger charge is -2.30. The van der Waals surface area contributed by atoms with E-state index in [0.29, 0.717) is 0 Å². The average molecular weight is 352 g/mol. The first-order valence-electron chi connectivity index (χ1n) is 8.14. The second-order valence-corrected chi connectivity index (χ2v) is 7.79. The maximum atomic E-state index is 12.6. The molecule has 0 aromatic carbocycles. The van der Waals surface area contributed by atoms with Gasteiger partial charge in [-0.1, -0.05) is 0 Å². The first-order chi connectivity index (χ1) is 11.3. The molecule has 1 aromatic heterocycles. The molecule has 25 heavy (non-hydrogen) atoms. The van der Waals surface area contributed by atoms with Crippen molar-refractivity contribution in [3.63, 3.8) is 0 Å². The summed E-state index contributed by atoms with van der Waals surface area (Å²) in [5, 5.41) is 4.08. The second-order valence-electron chi connectivity index (χ2n) is 7.79. The molecular formula is C17H28N4O4. The maximum Gasteiger partial charge on any atom is 0.437 e. The molecule has 0 saturated carbocycles. The van der Waals surface area contributed by atoms with E-state index in [4.69, 9.17) is 9.47 Å². The molecule has 1 heterocycles. The number of hydrogen-bond donors (Lipinski definition) is 0. The highest BCUT2D eigenvalue weighted by molar-refractivity contribution is 6.00. The van der Waals surface area contributed by atoms with Crippen molar-refractivity contribution in [2.45, 2.75) is 72.6 Å². The van der Waals surface area contributed by atoms with Crippen LogP contribution in [0.25, 0.3) is 0 Å². The molecule has 0 fully saturated rings. The van der Waals surface area contributed by atoms with Gasteiger partial charge in [-0.25, -0.2) is 19.2 Å². The van der Waals surface area contributed by atoms with Crippen molar-refractivity contribution >= 4 is 18.1 Å². The van der Waals surface area contributed by atoms with Crippen molar-refractivity contribution in [2.24, 2.45) is 4.99 Å². The third kappa shape index (κ3) is 6.94. The molecule has 1 aromatic rings. The van der Waals surface area contributed by atoms with E-state index in [2.05, 4.69) is 10.1 Å². The van der Waals surface area contributed by atoms with Gasteiger partial charge in [0.1, 0.15) is 11.2 Å². The van der Waals surface area contributed by atoms with Crippen LogP contribution in [0.4, 0.5) is 9.59 Å². The lowest BCUT2D eigenvalue weighted by molar-refractivity contribution is 0.0323. The fraction of sp³-hybridized carbons (Fsp3) is 0.647. The topological polar surface area (TPSA) is 86.0 Å². The molecule has 0 aliphatic rings. The van der Waals surface area contributed by atoms with Gasteiger partial charge in [-0.05, 0) is 61.5 Å². The van der Waals surface area contributed by atoms with Crippen molar-refractivity contribution < 1.29 is 19.1 Å². The van der Waals surface area contributed by atoms with Gasteiger partial charge in [0.05, 0.1) is 0 Å². The zero-order chi connectivity index (χ0) is 19.4. The van der Waals surface area contributed by atoms with Crippen molar-refractivity contribution in [3.05, 3.63) is 18.5 Å². The molecule has 0 unspecified atom stereocenters. The van der Waals surface area contributed by atoms with Crippen LogP contribution in [0.2, 0.25) is 0 Å². The summed E-state index contributed by atoms with van der Waals surface area (Å²) >= 11 is 0. The van der Waals surface area contributed by atoms with E-state index < -0.39 is 23.4 Å². The van der Waals surface area contributed by atoms with Gasteiger partial charge in [0, 0.05) is 18.4 Å². The molecular weight excluding hydrogens is 324 g/mol. The lowest BCUT2D eigenvalue weighted by Crippen LogP contribution is -2.48. The van der Waals surface area contributed by atoms with Crippen LogP contribution in [0.1, 0.15) is 55.4 Å². The summed E-state index contributed by atoms with van der Waals surface area (Å²) in [6, 6.07) is 1.35. The van der Waals surface area contributed by atoms with Crippen molar-refractivity contribution in [1.82, 2.24) is 14.7 Å². The molecule has 8 nitrogen and oxygen atoms in total. The van der Waals surface area contributed by atoms with Crippen molar-refractivity contribution in [2.75, 3.05) is 0 Å². The lowest BCUT2D eigenvalue weighted by atomic mass is 10.2. The Balaban J connectivity index is 3.28. The fourth-order valence-corrected chi connectivity index (χ4v) is 1.80. The monoisotopic (exact) mass is 352 g/mol. The molecule has 0 aliphatic heterocycles. The van der Waals surface area contributed by atoms with Gasteiger partial charge in [-0.3, -0.25) is 0 Å². The Morgan fingerprint density at radius 1 is 1.08 bits per heavy atom. The van der Waals surface area contributed by atoms with E-state index in [1.807, 2.05) is 0 Å². The zero-order valence-electron chi connectivity index (χ0n) is 16.2. The van der Waals surface area contributed by atoms with Gasteiger partial charge >= 0.3 is 12.2 Å². The quantitative estimate of drug-likeness (QED) is 0.568. The normalized spacial score (nSPS) is 12.9. The summed E-state index contributed by atoms with van der Waals surface area (Å²) in [4.78, 5) is 30.0. The van der Waals surface area contributed by atoms with E-state index in [1.165, 1.54) is 15.8 Å². The summed E-state index contributed by atoms with van der Waals surface area (Å²) in [7, 11) is 0. The van der Waals surface area contributed by atoms with E-state index in [9.17, 15) is 9.59 Å². The Hall–Kier alpha value is -2.38. The van der Waals surface area contributed by atoms with E-state index >= 15 is 0 Å². The largest absolute Gasteiger partial charge is 0.443 e. The summed E-state index contributed by atoms with van der Waals surface area (Å²) in [6.07, 6.45) is 1.67. The Morgan fingerprint density at radius 2 is 1.64 bits per heavy atom. The van der Waals surface area contributed by atoms with Gasteiger partial charge < -0.3 is 9.47 Å². The smallest absolute Gasteiger partial charge is 0.437 e.